The van der Waals surface area contributed by atoms with E-state index < -0.39 is 49.5 Å². The lowest BCUT2D eigenvalue weighted by molar-refractivity contribution is -0.302. The zero-order valence-electron chi connectivity index (χ0n) is 39.5. The van der Waals surface area contributed by atoms with Crippen molar-refractivity contribution >= 4 is 11.9 Å². The molecule has 63 heavy (non-hydrogen) atoms. The van der Waals surface area contributed by atoms with Crippen LogP contribution in [-0.4, -0.2) is 100 Å². The maximum absolute atomic E-state index is 13.0. The summed E-state index contributed by atoms with van der Waals surface area (Å²) in [6, 6.07) is -0.854. The van der Waals surface area contributed by atoms with Gasteiger partial charge in [0.05, 0.1) is 32.0 Å². The fourth-order valence-electron chi connectivity index (χ4n) is 7.19. The van der Waals surface area contributed by atoms with E-state index in [1.165, 1.54) is 57.8 Å². The third-order valence-corrected chi connectivity index (χ3v) is 11.3. The largest absolute Gasteiger partial charge is 0.466 e. The molecule has 364 valence electrons. The number of nitrogens with one attached hydrogen (secondary N) is 1. The van der Waals surface area contributed by atoms with E-state index in [0.29, 0.717) is 32.3 Å². The minimum Gasteiger partial charge on any atom is -0.466 e. The molecule has 1 amide bonds. The third kappa shape index (κ3) is 32.6. The van der Waals surface area contributed by atoms with E-state index >= 15 is 0 Å². The van der Waals surface area contributed by atoms with Crippen LogP contribution in [-0.2, 0) is 23.8 Å². The van der Waals surface area contributed by atoms with Crippen LogP contribution in [0, 0.1) is 0 Å². The second kappa shape index (κ2) is 42.0. The zero-order chi connectivity index (χ0) is 46.0. The number of esters is 1. The summed E-state index contributed by atoms with van der Waals surface area (Å²) in [6.45, 7) is 4.12. The minimum atomic E-state index is -1.59. The van der Waals surface area contributed by atoms with Crippen molar-refractivity contribution in [1.82, 2.24) is 5.32 Å². The average molecular weight is 890 g/mol. The fraction of sp³-hybridized carbons (Fsp3) is 0.769. The van der Waals surface area contributed by atoms with Crippen molar-refractivity contribution in [1.29, 1.82) is 0 Å². The van der Waals surface area contributed by atoms with Crippen LogP contribution in [0.5, 0.6) is 0 Å². The van der Waals surface area contributed by atoms with Crippen molar-refractivity contribution in [2.24, 2.45) is 0 Å². The van der Waals surface area contributed by atoms with Crippen LogP contribution in [0.25, 0.3) is 0 Å². The number of carbonyl (C=O) groups is 2. The molecule has 1 rings (SSSR count). The van der Waals surface area contributed by atoms with Crippen LogP contribution in [0.3, 0.4) is 0 Å². The summed E-state index contributed by atoms with van der Waals surface area (Å²) in [5.41, 5.74) is 0. The molecule has 11 nitrogen and oxygen atoms in total. The Hall–Kier alpha value is -2.64. The minimum absolute atomic E-state index is 0.0613. The second-order valence-electron chi connectivity index (χ2n) is 17.1. The van der Waals surface area contributed by atoms with Crippen molar-refractivity contribution in [3.05, 3.63) is 60.8 Å². The number of unbranched alkanes of at least 4 members (excludes halogenated alkanes) is 19. The Morgan fingerprint density at radius 2 is 1.03 bits per heavy atom. The number of hydrogen-bond acceptors (Lipinski definition) is 10. The smallest absolute Gasteiger partial charge is 0.305 e. The van der Waals surface area contributed by atoms with Crippen LogP contribution in [0.15, 0.2) is 60.8 Å². The van der Waals surface area contributed by atoms with Gasteiger partial charge in [-0.3, -0.25) is 9.59 Å². The van der Waals surface area contributed by atoms with Gasteiger partial charge in [-0.2, -0.15) is 0 Å². The van der Waals surface area contributed by atoms with Crippen molar-refractivity contribution in [2.75, 3.05) is 19.8 Å². The molecule has 7 atom stereocenters. The monoisotopic (exact) mass is 890 g/mol. The Labute approximate surface area is 382 Å². The molecule has 1 heterocycles. The lowest BCUT2D eigenvalue weighted by atomic mass is 9.99. The molecule has 0 aromatic heterocycles. The van der Waals surface area contributed by atoms with Crippen molar-refractivity contribution < 1.29 is 49.3 Å². The summed E-state index contributed by atoms with van der Waals surface area (Å²) in [6.07, 6.45) is 41.5. The maximum Gasteiger partial charge on any atom is 0.305 e. The Morgan fingerprint density at radius 3 is 1.57 bits per heavy atom. The molecular weight excluding hydrogens is 799 g/mol. The first-order valence-corrected chi connectivity index (χ1v) is 25.1. The normalized spacial score (nSPS) is 20.5. The molecule has 11 heteroatoms. The highest BCUT2D eigenvalue weighted by molar-refractivity contribution is 5.76. The highest BCUT2D eigenvalue weighted by Crippen LogP contribution is 2.22. The lowest BCUT2D eigenvalue weighted by Gasteiger charge is -2.40. The lowest BCUT2D eigenvalue weighted by Crippen LogP contribution is -2.60. The number of hydrogen-bond donors (Lipinski definition) is 6. The van der Waals surface area contributed by atoms with Gasteiger partial charge in [-0.15, -0.1) is 0 Å². The predicted molar refractivity (Wildman–Crippen MR) is 255 cm³/mol. The number of amides is 1. The number of carbonyl (C=O) groups excluding carboxylic acids is 2. The van der Waals surface area contributed by atoms with Crippen molar-refractivity contribution in [2.45, 2.75) is 236 Å². The summed E-state index contributed by atoms with van der Waals surface area (Å²) in [5.74, 6) is -0.288. The predicted octanol–water partition coefficient (Wildman–Crippen LogP) is 9.94. The quantitative estimate of drug-likeness (QED) is 0.0197. The third-order valence-electron chi connectivity index (χ3n) is 11.3. The zero-order valence-corrected chi connectivity index (χ0v) is 39.5. The number of aliphatic hydroxyl groups excluding tert-OH is 5. The van der Waals surface area contributed by atoms with E-state index in [1.807, 2.05) is 6.08 Å². The summed E-state index contributed by atoms with van der Waals surface area (Å²) in [7, 11) is 0. The van der Waals surface area contributed by atoms with E-state index in [9.17, 15) is 35.1 Å². The van der Waals surface area contributed by atoms with Gasteiger partial charge in [0.25, 0.3) is 0 Å². The van der Waals surface area contributed by atoms with Gasteiger partial charge in [-0.05, 0) is 103 Å². The summed E-state index contributed by atoms with van der Waals surface area (Å²) in [4.78, 5) is 25.0. The number of ether oxygens (including phenoxy) is 3. The topological polar surface area (TPSA) is 175 Å². The summed E-state index contributed by atoms with van der Waals surface area (Å²) in [5, 5.41) is 54.1. The van der Waals surface area contributed by atoms with Gasteiger partial charge < -0.3 is 45.1 Å². The maximum atomic E-state index is 13.0. The fourth-order valence-corrected chi connectivity index (χ4v) is 7.19. The van der Waals surface area contributed by atoms with Crippen LogP contribution < -0.4 is 5.32 Å². The average Bonchev–Trinajstić information content (AvgIpc) is 3.28. The number of rotatable bonds is 41. The van der Waals surface area contributed by atoms with Gasteiger partial charge >= 0.3 is 5.97 Å². The van der Waals surface area contributed by atoms with E-state index in [4.69, 9.17) is 14.2 Å². The summed E-state index contributed by atoms with van der Waals surface area (Å²) < 4.78 is 16.6. The molecule has 0 bridgehead atoms. The Balaban J connectivity index is 2.25. The Morgan fingerprint density at radius 1 is 0.571 bits per heavy atom. The molecule has 7 unspecified atom stereocenters. The van der Waals surface area contributed by atoms with Gasteiger partial charge in [-0.1, -0.05) is 139 Å². The van der Waals surface area contributed by atoms with Gasteiger partial charge in [0.1, 0.15) is 24.4 Å². The highest BCUT2D eigenvalue weighted by Gasteiger charge is 2.44. The first-order valence-electron chi connectivity index (χ1n) is 25.1. The first kappa shape index (κ1) is 58.4. The van der Waals surface area contributed by atoms with Crippen molar-refractivity contribution in [3.8, 4) is 0 Å². The van der Waals surface area contributed by atoms with Gasteiger partial charge in [0.2, 0.25) is 5.91 Å². The molecule has 1 fully saturated rings. The van der Waals surface area contributed by atoms with Crippen molar-refractivity contribution in [3.63, 3.8) is 0 Å². The van der Waals surface area contributed by atoms with Crippen LogP contribution in [0.4, 0.5) is 0 Å². The molecule has 1 aliphatic rings. The molecule has 1 aliphatic heterocycles. The van der Waals surface area contributed by atoms with E-state index in [0.717, 1.165) is 96.3 Å². The highest BCUT2D eigenvalue weighted by atomic mass is 16.7. The Kier molecular flexibility index (Phi) is 38.9. The van der Waals surface area contributed by atoms with Crippen LogP contribution in [0.1, 0.15) is 194 Å². The molecule has 0 radical (unpaired) electrons. The number of allylic oxidation sites excluding steroid dienone is 9. The van der Waals surface area contributed by atoms with E-state index in [1.54, 1.807) is 6.08 Å². The molecule has 1 saturated heterocycles. The standard InChI is InChI=1S/C52H91NO10/c1-3-5-7-9-11-13-15-19-22-26-30-34-38-45(55)44(43-62-52-51(60)50(59)49(58)46(42-54)63-52)53-47(56)39-35-31-27-23-20-16-17-21-25-29-33-37-41-61-48(57)40-36-32-28-24-18-14-12-10-8-6-4-2/h9-12,17,19,21-22,34,38,44-46,49-52,54-55,58-60H,3-8,13-16,18,20,23-33,35-37,39-43H2,1-2H3,(H,53,56)/b11-9+,12-10-,21-17-,22-19+,38-34+. The van der Waals surface area contributed by atoms with E-state index in [2.05, 4.69) is 67.8 Å². The molecule has 0 aromatic rings. The molecule has 0 aromatic carbocycles. The van der Waals surface area contributed by atoms with Gasteiger partial charge in [0, 0.05) is 12.8 Å². The summed E-state index contributed by atoms with van der Waals surface area (Å²) >= 11 is 0. The number of aliphatic hydroxyl groups is 5. The molecule has 0 spiro atoms. The van der Waals surface area contributed by atoms with Gasteiger partial charge in [-0.25, -0.2) is 0 Å². The second-order valence-corrected chi connectivity index (χ2v) is 17.1. The Bertz CT molecular complexity index is 1230. The van der Waals surface area contributed by atoms with Gasteiger partial charge in [0.15, 0.2) is 6.29 Å². The molecule has 6 N–H and O–H groups in total. The van der Waals surface area contributed by atoms with Crippen LogP contribution >= 0.6 is 0 Å². The molecule has 0 aliphatic carbocycles. The van der Waals surface area contributed by atoms with E-state index in [-0.39, 0.29) is 18.5 Å². The van der Waals surface area contributed by atoms with Crippen LogP contribution in [0.2, 0.25) is 0 Å². The first-order chi connectivity index (χ1) is 30.7. The molecular formula is C52H91NO10. The molecule has 0 saturated carbocycles. The SMILES string of the molecule is CCCC/C=C\CCCCCCCC(=O)OCCCCC/C=C\CCCCCCCC(=O)NC(COC1OC(CO)C(O)C(O)C1O)C(O)/C=C/CC/C=C/CC/C=C/CCCC.